The normalized spacial score (nSPS) is 19.6. The van der Waals surface area contributed by atoms with Crippen molar-refractivity contribution < 1.29 is 8.42 Å². The Morgan fingerprint density at radius 3 is 2.97 bits per heavy atom. The van der Waals surface area contributed by atoms with Gasteiger partial charge in [0, 0.05) is 48.0 Å². The molecule has 5 rings (SSSR count). The van der Waals surface area contributed by atoms with Crippen molar-refractivity contribution in [3.63, 3.8) is 0 Å². The maximum Gasteiger partial charge on any atom is 0.211 e. The summed E-state index contributed by atoms with van der Waals surface area (Å²) in [7, 11) is -3.14. The van der Waals surface area contributed by atoms with Crippen LogP contribution in [0.1, 0.15) is 12.0 Å². The molecule has 0 aliphatic carbocycles. The molecule has 2 aromatic heterocycles. The van der Waals surface area contributed by atoms with Crippen LogP contribution in [0.5, 0.6) is 0 Å². The standard InChI is InChI=1S/C20H22N6O2S/c1-29(27,28)26-8-5-13(6-9-26)19-11-16-18(4-7-21-20(16)24-19)23-15-2-3-17-14(10-15)12-22-25-17/h2-5,7,10,12,19H,6,8-9,11H2,1H3,(H,22,25)(H2,21,23,24). The largest absolute Gasteiger partial charge is 0.363 e. The Hall–Kier alpha value is -2.91. The van der Waals surface area contributed by atoms with E-state index in [4.69, 9.17) is 0 Å². The fourth-order valence-corrected chi connectivity index (χ4v) is 4.81. The van der Waals surface area contributed by atoms with Crippen molar-refractivity contribution in [2.45, 2.75) is 18.9 Å². The maximum absolute atomic E-state index is 11.7. The number of anilines is 3. The summed E-state index contributed by atoms with van der Waals surface area (Å²) in [5.41, 5.74) is 5.42. The van der Waals surface area contributed by atoms with Crippen molar-refractivity contribution in [3.8, 4) is 0 Å². The van der Waals surface area contributed by atoms with Crippen molar-refractivity contribution in [3.05, 3.63) is 53.9 Å². The molecule has 4 heterocycles. The van der Waals surface area contributed by atoms with Crippen molar-refractivity contribution in [1.29, 1.82) is 0 Å². The van der Waals surface area contributed by atoms with Gasteiger partial charge in [-0.25, -0.2) is 13.4 Å². The zero-order valence-electron chi connectivity index (χ0n) is 16.0. The van der Waals surface area contributed by atoms with Gasteiger partial charge < -0.3 is 10.6 Å². The first-order chi connectivity index (χ1) is 14.0. The Balaban J connectivity index is 1.36. The molecule has 0 saturated carbocycles. The lowest BCUT2D eigenvalue weighted by molar-refractivity contribution is 0.430. The van der Waals surface area contributed by atoms with Crippen LogP contribution in [0.4, 0.5) is 17.2 Å². The molecule has 0 saturated heterocycles. The van der Waals surface area contributed by atoms with Crippen LogP contribution < -0.4 is 10.6 Å². The molecule has 9 heteroatoms. The summed E-state index contributed by atoms with van der Waals surface area (Å²) in [6, 6.07) is 8.24. The minimum absolute atomic E-state index is 0.151. The highest BCUT2D eigenvalue weighted by Gasteiger charge is 2.29. The van der Waals surface area contributed by atoms with Gasteiger partial charge in [-0.2, -0.15) is 9.40 Å². The Morgan fingerprint density at radius 1 is 1.28 bits per heavy atom. The quantitative estimate of drug-likeness (QED) is 0.572. The molecule has 0 radical (unpaired) electrons. The van der Waals surface area contributed by atoms with Gasteiger partial charge in [-0.15, -0.1) is 0 Å². The number of H-pyrrole nitrogens is 1. The molecule has 0 bridgehead atoms. The average molecular weight is 411 g/mol. The van der Waals surface area contributed by atoms with Crippen molar-refractivity contribution in [1.82, 2.24) is 19.5 Å². The van der Waals surface area contributed by atoms with Gasteiger partial charge in [0.15, 0.2) is 0 Å². The first-order valence-corrected chi connectivity index (χ1v) is 11.4. The molecular weight excluding hydrogens is 388 g/mol. The minimum Gasteiger partial charge on any atom is -0.363 e. The number of fused-ring (bicyclic) bond motifs is 2. The topological polar surface area (TPSA) is 103 Å². The van der Waals surface area contributed by atoms with E-state index in [9.17, 15) is 8.42 Å². The van der Waals surface area contributed by atoms with Crippen molar-refractivity contribution >= 4 is 38.1 Å². The van der Waals surface area contributed by atoms with Gasteiger partial charge in [-0.05, 0) is 36.3 Å². The minimum atomic E-state index is -3.14. The van der Waals surface area contributed by atoms with Crippen molar-refractivity contribution in [2.24, 2.45) is 0 Å². The predicted molar refractivity (Wildman–Crippen MR) is 114 cm³/mol. The number of aromatic nitrogens is 3. The van der Waals surface area contributed by atoms with E-state index >= 15 is 0 Å². The van der Waals surface area contributed by atoms with E-state index in [1.54, 1.807) is 6.20 Å². The summed E-state index contributed by atoms with van der Waals surface area (Å²) in [5, 5.41) is 15.1. The molecule has 2 aliphatic heterocycles. The van der Waals surface area contributed by atoms with Gasteiger partial charge in [0.1, 0.15) is 5.82 Å². The molecule has 0 fully saturated rings. The number of benzene rings is 1. The summed E-state index contributed by atoms with van der Waals surface area (Å²) in [6.45, 7) is 0.967. The van der Waals surface area contributed by atoms with E-state index in [2.05, 4.69) is 31.9 Å². The molecule has 3 N–H and O–H groups in total. The predicted octanol–water partition coefficient (Wildman–Crippen LogP) is 2.63. The molecule has 2 aliphatic rings. The van der Waals surface area contributed by atoms with Crippen LogP contribution >= 0.6 is 0 Å². The number of nitrogens with zero attached hydrogens (tertiary/aromatic N) is 3. The lowest BCUT2D eigenvalue weighted by Crippen LogP contribution is -2.36. The number of hydrogen-bond donors (Lipinski definition) is 3. The highest BCUT2D eigenvalue weighted by atomic mass is 32.2. The monoisotopic (exact) mass is 410 g/mol. The Bertz CT molecular complexity index is 1220. The Kier molecular flexibility index (Phi) is 4.29. The van der Waals surface area contributed by atoms with Crippen LogP contribution in [0.2, 0.25) is 0 Å². The SMILES string of the molecule is CS(=O)(=O)N1CC=C(C2Cc3c(Nc4ccc5[nH]ncc5c4)ccnc3N2)CC1. The second-order valence-electron chi connectivity index (χ2n) is 7.53. The van der Waals surface area contributed by atoms with E-state index in [-0.39, 0.29) is 6.04 Å². The van der Waals surface area contributed by atoms with Gasteiger partial charge in [0.25, 0.3) is 0 Å². The van der Waals surface area contributed by atoms with Crippen LogP contribution in [0, 0.1) is 0 Å². The third-order valence-electron chi connectivity index (χ3n) is 5.62. The third-order valence-corrected chi connectivity index (χ3v) is 6.89. The molecule has 8 nitrogen and oxygen atoms in total. The van der Waals surface area contributed by atoms with Gasteiger partial charge >= 0.3 is 0 Å². The molecular formula is C20H22N6O2S. The maximum atomic E-state index is 11.7. The highest BCUT2D eigenvalue weighted by molar-refractivity contribution is 7.88. The molecule has 3 aromatic rings. The first kappa shape index (κ1) is 18.1. The van der Waals surface area contributed by atoms with Gasteiger partial charge in [0.2, 0.25) is 10.0 Å². The Morgan fingerprint density at radius 2 is 2.17 bits per heavy atom. The van der Waals surface area contributed by atoms with Crippen LogP contribution in [-0.4, -0.2) is 53.3 Å². The molecule has 29 heavy (non-hydrogen) atoms. The number of sulfonamides is 1. The second-order valence-corrected chi connectivity index (χ2v) is 9.52. The number of nitrogens with one attached hydrogen (secondary N) is 3. The lowest BCUT2D eigenvalue weighted by atomic mass is 9.98. The average Bonchev–Trinajstić information content (AvgIpc) is 3.34. The number of hydrogen-bond acceptors (Lipinski definition) is 6. The van der Waals surface area contributed by atoms with Gasteiger partial charge in [0.05, 0.1) is 24.0 Å². The molecule has 0 amide bonds. The van der Waals surface area contributed by atoms with E-state index in [0.29, 0.717) is 13.1 Å². The Labute approximate surface area is 169 Å². The zero-order valence-corrected chi connectivity index (χ0v) is 16.8. The van der Waals surface area contributed by atoms with E-state index in [1.807, 2.05) is 30.5 Å². The summed E-state index contributed by atoms with van der Waals surface area (Å²) in [6.07, 6.45) is 8.47. The highest BCUT2D eigenvalue weighted by Crippen LogP contribution is 2.35. The van der Waals surface area contributed by atoms with E-state index in [0.717, 1.165) is 46.5 Å². The molecule has 150 valence electrons. The fraction of sp³-hybridized carbons (Fsp3) is 0.300. The summed E-state index contributed by atoms with van der Waals surface area (Å²) in [5.74, 6) is 0.885. The summed E-state index contributed by atoms with van der Waals surface area (Å²) >= 11 is 0. The van der Waals surface area contributed by atoms with Crippen LogP contribution in [0.25, 0.3) is 10.9 Å². The van der Waals surface area contributed by atoms with E-state index in [1.165, 1.54) is 16.1 Å². The van der Waals surface area contributed by atoms with Crippen LogP contribution in [-0.2, 0) is 16.4 Å². The number of rotatable bonds is 4. The second kappa shape index (κ2) is 6.85. The number of pyridine rings is 1. The van der Waals surface area contributed by atoms with E-state index < -0.39 is 10.0 Å². The molecule has 1 unspecified atom stereocenters. The summed E-state index contributed by atoms with van der Waals surface area (Å²) in [4.78, 5) is 4.50. The molecule has 0 spiro atoms. The lowest BCUT2D eigenvalue weighted by Gasteiger charge is -2.27. The zero-order chi connectivity index (χ0) is 20.0. The molecule has 1 aromatic carbocycles. The van der Waals surface area contributed by atoms with Crippen LogP contribution in [0.3, 0.4) is 0 Å². The van der Waals surface area contributed by atoms with Gasteiger partial charge in [-0.3, -0.25) is 5.10 Å². The first-order valence-electron chi connectivity index (χ1n) is 9.56. The molecule has 1 atom stereocenters. The van der Waals surface area contributed by atoms with Crippen molar-refractivity contribution in [2.75, 3.05) is 30.0 Å². The smallest absolute Gasteiger partial charge is 0.211 e. The fourth-order valence-electron chi connectivity index (χ4n) is 4.04. The summed E-state index contributed by atoms with van der Waals surface area (Å²) < 4.78 is 25.0. The third kappa shape index (κ3) is 3.47. The number of aromatic amines is 1. The van der Waals surface area contributed by atoms with Crippen LogP contribution in [0.15, 0.2) is 48.3 Å². The van der Waals surface area contributed by atoms with Gasteiger partial charge in [-0.1, -0.05) is 6.08 Å².